The van der Waals surface area contributed by atoms with Gasteiger partial charge in [-0.05, 0) is 31.0 Å². The minimum Gasteiger partial charge on any atom is -0.398 e. The standard InChI is InChI=1S/C11H17FN2O2S/c1-7(2)8(3)14-17(15,16)11-5-4-9(12)6-10(11)13/h4-8,14H,13H2,1-3H3. The summed E-state index contributed by atoms with van der Waals surface area (Å²) < 4.78 is 39.3. The number of hydrogen-bond acceptors (Lipinski definition) is 3. The molecule has 0 heterocycles. The minimum atomic E-state index is -3.69. The van der Waals surface area contributed by atoms with Crippen molar-refractivity contribution in [3.63, 3.8) is 0 Å². The molecule has 1 atom stereocenters. The number of nitrogens with two attached hydrogens (primary N) is 1. The van der Waals surface area contributed by atoms with Gasteiger partial charge >= 0.3 is 0 Å². The Labute approximate surface area is 101 Å². The van der Waals surface area contributed by atoms with E-state index in [1.54, 1.807) is 6.92 Å². The highest BCUT2D eigenvalue weighted by molar-refractivity contribution is 7.89. The molecule has 0 fully saturated rings. The van der Waals surface area contributed by atoms with Crippen LogP contribution >= 0.6 is 0 Å². The van der Waals surface area contributed by atoms with Crippen LogP contribution in [0.1, 0.15) is 20.8 Å². The molecule has 0 bridgehead atoms. The number of nitrogens with one attached hydrogen (secondary N) is 1. The average Bonchev–Trinajstić information content (AvgIpc) is 2.15. The summed E-state index contributed by atoms with van der Waals surface area (Å²) in [6.07, 6.45) is 0. The van der Waals surface area contributed by atoms with Crippen LogP contribution in [0.25, 0.3) is 0 Å². The number of nitrogen functional groups attached to an aromatic ring is 1. The fourth-order valence-electron chi connectivity index (χ4n) is 1.21. The molecule has 0 saturated carbocycles. The van der Waals surface area contributed by atoms with Crippen molar-refractivity contribution in [1.82, 2.24) is 4.72 Å². The predicted octanol–water partition coefficient (Wildman–Crippen LogP) is 1.73. The second-order valence-corrected chi connectivity index (χ2v) is 6.02. The highest BCUT2D eigenvalue weighted by Gasteiger charge is 2.21. The molecular weight excluding hydrogens is 243 g/mol. The molecular formula is C11H17FN2O2S. The smallest absolute Gasteiger partial charge is 0.242 e. The molecule has 0 aromatic heterocycles. The Hall–Kier alpha value is -1.14. The summed E-state index contributed by atoms with van der Waals surface area (Å²) in [6, 6.07) is 3.02. The van der Waals surface area contributed by atoms with Gasteiger partial charge in [-0.15, -0.1) is 0 Å². The van der Waals surface area contributed by atoms with E-state index < -0.39 is 15.8 Å². The highest BCUT2D eigenvalue weighted by Crippen LogP contribution is 2.19. The van der Waals surface area contributed by atoms with Crippen LogP contribution in [0.2, 0.25) is 0 Å². The van der Waals surface area contributed by atoms with Gasteiger partial charge in [0.1, 0.15) is 10.7 Å². The summed E-state index contributed by atoms with van der Waals surface area (Å²) in [5, 5.41) is 0. The van der Waals surface area contributed by atoms with E-state index in [0.717, 1.165) is 12.1 Å². The van der Waals surface area contributed by atoms with Crippen molar-refractivity contribution in [3.8, 4) is 0 Å². The summed E-state index contributed by atoms with van der Waals surface area (Å²) in [5.74, 6) is -0.398. The molecule has 17 heavy (non-hydrogen) atoms. The summed E-state index contributed by atoms with van der Waals surface area (Å²) >= 11 is 0. The molecule has 0 spiro atoms. The van der Waals surface area contributed by atoms with Gasteiger partial charge in [0.15, 0.2) is 0 Å². The molecule has 3 N–H and O–H groups in total. The molecule has 1 aromatic carbocycles. The average molecular weight is 260 g/mol. The predicted molar refractivity (Wildman–Crippen MR) is 65.4 cm³/mol. The van der Waals surface area contributed by atoms with E-state index in [1.165, 1.54) is 6.07 Å². The second-order valence-electron chi connectivity index (χ2n) is 4.34. The maximum absolute atomic E-state index is 12.8. The van der Waals surface area contributed by atoms with Crippen molar-refractivity contribution in [2.45, 2.75) is 31.7 Å². The number of benzene rings is 1. The molecule has 0 aliphatic heterocycles. The third-order valence-electron chi connectivity index (χ3n) is 2.60. The van der Waals surface area contributed by atoms with Gasteiger partial charge in [-0.3, -0.25) is 0 Å². The van der Waals surface area contributed by atoms with Gasteiger partial charge < -0.3 is 5.73 Å². The van der Waals surface area contributed by atoms with Crippen molar-refractivity contribution in [3.05, 3.63) is 24.0 Å². The van der Waals surface area contributed by atoms with Crippen molar-refractivity contribution >= 4 is 15.7 Å². The number of sulfonamides is 1. The minimum absolute atomic E-state index is 0.0894. The van der Waals surface area contributed by atoms with E-state index >= 15 is 0 Å². The van der Waals surface area contributed by atoms with Crippen LogP contribution in [0, 0.1) is 11.7 Å². The van der Waals surface area contributed by atoms with E-state index in [-0.39, 0.29) is 22.5 Å². The van der Waals surface area contributed by atoms with Crippen LogP contribution in [-0.4, -0.2) is 14.5 Å². The molecule has 0 aliphatic carbocycles. The summed E-state index contributed by atoms with van der Waals surface area (Å²) in [5.41, 5.74) is 5.41. The maximum atomic E-state index is 12.8. The quantitative estimate of drug-likeness (QED) is 0.810. The van der Waals surface area contributed by atoms with Crippen molar-refractivity contribution in [1.29, 1.82) is 0 Å². The van der Waals surface area contributed by atoms with Crippen LogP contribution in [0.15, 0.2) is 23.1 Å². The molecule has 1 aromatic rings. The fraction of sp³-hybridized carbons (Fsp3) is 0.455. The van der Waals surface area contributed by atoms with Crippen molar-refractivity contribution in [2.24, 2.45) is 5.92 Å². The van der Waals surface area contributed by atoms with Gasteiger partial charge in [0.2, 0.25) is 10.0 Å². The lowest BCUT2D eigenvalue weighted by Gasteiger charge is -2.18. The van der Waals surface area contributed by atoms with Crippen LogP contribution in [0.4, 0.5) is 10.1 Å². The van der Waals surface area contributed by atoms with Crippen molar-refractivity contribution < 1.29 is 12.8 Å². The lowest BCUT2D eigenvalue weighted by atomic mass is 10.1. The number of hydrogen-bond donors (Lipinski definition) is 2. The first-order valence-electron chi connectivity index (χ1n) is 5.31. The monoisotopic (exact) mass is 260 g/mol. The molecule has 0 saturated heterocycles. The van der Waals surface area contributed by atoms with E-state index in [1.807, 2.05) is 13.8 Å². The molecule has 0 radical (unpaired) electrons. The van der Waals surface area contributed by atoms with E-state index in [2.05, 4.69) is 4.72 Å². The van der Waals surface area contributed by atoms with Gasteiger partial charge in [-0.25, -0.2) is 17.5 Å². The first kappa shape index (κ1) is 13.9. The molecule has 96 valence electrons. The molecule has 1 rings (SSSR count). The van der Waals surface area contributed by atoms with Gasteiger partial charge in [0, 0.05) is 6.04 Å². The SMILES string of the molecule is CC(C)C(C)NS(=O)(=O)c1ccc(F)cc1N. The van der Waals surface area contributed by atoms with Gasteiger partial charge in [0.05, 0.1) is 5.69 Å². The lowest BCUT2D eigenvalue weighted by molar-refractivity contribution is 0.476. The Bertz CT molecular complexity index is 500. The fourth-order valence-corrected chi connectivity index (χ4v) is 2.71. The molecule has 0 amide bonds. The first-order valence-corrected chi connectivity index (χ1v) is 6.79. The zero-order valence-corrected chi connectivity index (χ0v) is 10.9. The Morgan fingerprint density at radius 3 is 2.35 bits per heavy atom. The zero-order valence-electron chi connectivity index (χ0n) is 10.1. The Morgan fingerprint density at radius 2 is 1.88 bits per heavy atom. The van der Waals surface area contributed by atoms with Gasteiger partial charge in [0.25, 0.3) is 0 Å². The second kappa shape index (κ2) is 5.01. The normalized spacial score (nSPS) is 13.9. The number of halogens is 1. The third kappa shape index (κ3) is 3.41. The first-order chi connectivity index (χ1) is 7.74. The molecule has 1 unspecified atom stereocenters. The van der Waals surface area contributed by atoms with Crippen LogP contribution in [0.5, 0.6) is 0 Å². The summed E-state index contributed by atoms with van der Waals surface area (Å²) in [4.78, 5) is -0.0913. The van der Waals surface area contributed by atoms with Crippen LogP contribution in [-0.2, 0) is 10.0 Å². The maximum Gasteiger partial charge on any atom is 0.242 e. The number of anilines is 1. The van der Waals surface area contributed by atoms with E-state index in [0.29, 0.717) is 0 Å². The Balaban J connectivity index is 3.06. The summed E-state index contributed by atoms with van der Waals surface area (Å²) in [7, 11) is -3.69. The molecule has 4 nitrogen and oxygen atoms in total. The third-order valence-corrected chi connectivity index (χ3v) is 4.24. The summed E-state index contributed by atoms with van der Waals surface area (Å²) in [6.45, 7) is 5.57. The molecule has 6 heteroatoms. The van der Waals surface area contributed by atoms with Crippen LogP contribution < -0.4 is 10.5 Å². The Morgan fingerprint density at radius 1 is 1.29 bits per heavy atom. The topological polar surface area (TPSA) is 72.2 Å². The van der Waals surface area contributed by atoms with E-state index in [9.17, 15) is 12.8 Å². The molecule has 0 aliphatic rings. The van der Waals surface area contributed by atoms with Gasteiger partial charge in [-0.2, -0.15) is 0 Å². The lowest BCUT2D eigenvalue weighted by Crippen LogP contribution is -2.36. The van der Waals surface area contributed by atoms with Crippen LogP contribution in [0.3, 0.4) is 0 Å². The largest absolute Gasteiger partial charge is 0.398 e. The Kier molecular flexibility index (Phi) is 4.11. The number of rotatable bonds is 4. The highest BCUT2D eigenvalue weighted by atomic mass is 32.2. The van der Waals surface area contributed by atoms with Crippen molar-refractivity contribution in [2.75, 3.05) is 5.73 Å². The zero-order chi connectivity index (χ0) is 13.2. The van der Waals surface area contributed by atoms with E-state index in [4.69, 9.17) is 5.73 Å². The van der Waals surface area contributed by atoms with Gasteiger partial charge in [-0.1, -0.05) is 13.8 Å².